The van der Waals surface area contributed by atoms with E-state index in [2.05, 4.69) is 48.4 Å². The van der Waals surface area contributed by atoms with E-state index in [1.54, 1.807) is 7.11 Å². The van der Waals surface area contributed by atoms with Gasteiger partial charge >= 0.3 is 0 Å². The van der Waals surface area contributed by atoms with E-state index in [4.69, 9.17) is 9.72 Å². The summed E-state index contributed by atoms with van der Waals surface area (Å²) in [6.45, 7) is 8.43. The SMILES string of the molecule is COc1ccc(Nc2nc3ccccc3c(N3CCC(NC(C)(C)C)CC3)c2C#N)cc1. The van der Waals surface area contributed by atoms with E-state index in [0.717, 1.165) is 54.0 Å². The van der Waals surface area contributed by atoms with Crippen molar-refractivity contribution >= 4 is 28.1 Å². The summed E-state index contributed by atoms with van der Waals surface area (Å²) in [5.41, 5.74) is 3.41. The second kappa shape index (κ2) is 9.05. The van der Waals surface area contributed by atoms with Gasteiger partial charge in [0, 0.05) is 35.7 Å². The number of anilines is 3. The molecule has 0 amide bonds. The fourth-order valence-corrected chi connectivity index (χ4v) is 4.39. The molecule has 2 N–H and O–H groups in total. The molecule has 0 unspecified atom stereocenters. The molecule has 1 aliphatic rings. The number of nitriles is 1. The second-order valence-electron chi connectivity index (χ2n) is 9.32. The van der Waals surface area contributed by atoms with E-state index < -0.39 is 0 Å². The topological polar surface area (TPSA) is 73.2 Å². The maximum Gasteiger partial charge on any atom is 0.151 e. The Kier molecular flexibility index (Phi) is 6.20. The van der Waals surface area contributed by atoms with Crippen molar-refractivity contribution in [1.29, 1.82) is 5.26 Å². The zero-order chi connectivity index (χ0) is 22.7. The van der Waals surface area contributed by atoms with Crippen molar-refractivity contribution in [3.05, 3.63) is 54.1 Å². The Morgan fingerprint density at radius 1 is 1.06 bits per heavy atom. The van der Waals surface area contributed by atoms with Crippen LogP contribution in [0.15, 0.2) is 48.5 Å². The summed E-state index contributed by atoms with van der Waals surface area (Å²) < 4.78 is 5.25. The lowest BCUT2D eigenvalue weighted by Gasteiger charge is -2.38. The summed E-state index contributed by atoms with van der Waals surface area (Å²) in [4.78, 5) is 7.15. The fraction of sp³-hybridized carbons (Fsp3) is 0.385. The Labute approximate surface area is 190 Å². The van der Waals surface area contributed by atoms with Crippen LogP contribution in [0.1, 0.15) is 39.2 Å². The molecule has 1 aliphatic heterocycles. The Morgan fingerprint density at radius 3 is 2.38 bits per heavy atom. The lowest BCUT2D eigenvalue weighted by atomic mass is 9.98. The predicted molar refractivity (Wildman–Crippen MR) is 131 cm³/mol. The van der Waals surface area contributed by atoms with Gasteiger partial charge in [0.1, 0.15) is 17.4 Å². The number of para-hydroxylation sites is 1. The number of ether oxygens (including phenoxy) is 1. The average molecular weight is 430 g/mol. The number of piperidine rings is 1. The Bertz CT molecular complexity index is 1120. The molecule has 0 spiro atoms. The van der Waals surface area contributed by atoms with Gasteiger partial charge in [0.05, 0.1) is 18.3 Å². The summed E-state index contributed by atoms with van der Waals surface area (Å²) in [5, 5.41) is 18.3. The fourth-order valence-electron chi connectivity index (χ4n) is 4.39. The van der Waals surface area contributed by atoms with Crippen LogP contribution in [0.25, 0.3) is 10.9 Å². The van der Waals surface area contributed by atoms with Gasteiger partial charge in [-0.15, -0.1) is 0 Å². The summed E-state index contributed by atoms with van der Waals surface area (Å²) >= 11 is 0. The number of hydrogen-bond donors (Lipinski definition) is 2. The molecule has 6 nitrogen and oxygen atoms in total. The third-order valence-electron chi connectivity index (χ3n) is 5.78. The predicted octanol–water partition coefficient (Wildman–Crippen LogP) is 5.22. The summed E-state index contributed by atoms with van der Waals surface area (Å²) in [6, 6.07) is 18.6. The first kappa shape index (κ1) is 21.9. The molecular formula is C26H31N5O. The third kappa shape index (κ3) is 4.79. The number of benzene rings is 2. The highest BCUT2D eigenvalue weighted by molar-refractivity contribution is 5.98. The van der Waals surface area contributed by atoms with E-state index in [0.29, 0.717) is 17.4 Å². The minimum atomic E-state index is 0.101. The molecule has 4 rings (SSSR count). The lowest BCUT2D eigenvalue weighted by Crippen LogP contribution is -2.49. The van der Waals surface area contributed by atoms with Gasteiger partial charge in [-0.25, -0.2) is 4.98 Å². The van der Waals surface area contributed by atoms with Crippen LogP contribution in [-0.2, 0) is 0 Å². The largest absolute Gasteiger partial charge is 0.497 e. The first-order valence-electron chi connectivity index (χ1n) is 11.1. The van der Waals surface area contributed by atoms with E-state index in [1.165, 1.54) is 0 Å². The van der Waals surface area contributed by atoms with Crippen LogP contribution in [-0.4, -0.2) is 36.8 Å². The molecule has 2 heterocycles. The molecule has 0 bridgehead atoms. The van der Waals surface area contributed by atoms with Crippen LogP contribution >= 0.6 is 0 Å². The Balaban J connectivity index is 1.69. The molecular weight excluding hydrogens is 398 g/mol. The molecule has 3 aromatic rings. The van der Waals surface area contributed by atoms with Crippen molar-refractivity contribution in [2.45, 2.75) is 45.2 Å². The molecule has 0 saturated carbocycles. The quantitative estimate of drug-likeness (QED) is 0.580. The van der Waals surface area contributed by atoms with Crippen LogP contribution < -0.4 is 20.3 Å². The van der Waals surface area contributed by atoms with Crippen LogP contribution in [0, 0.1) is 11.3 Å². The first-order chi connectivity index (χ1) is 15.4. The first-order valence-corrected chi connectivity index (χ1v) is 11.1. The number of nitrogens with zero attached hydrogens (tertiary/aromatic N) is 3. The molecule has 0 aliphatic carbocycles. The molecule has 0 atom stereocenters. The van der Waals surface area contributed by atoms with Crippen molar-refractivity contribution in [1.82, 2.24) is 10.3 Å². The van der Waals surface area contributed by atoms with Gasteiger partial charge in [-0.3, -0.25) is 0 Å². The molecule has 1 fully saturated rings. The number of pyridine rings is 1. The Hall–Kier alpha value is -3.30. The Morgan fingerprint density at radius 2 is 1.75 bits per heavy atom. The maximum atomic E-state index is 10.2. The number of fused-ring (bicyclic) bond motifs is 1. The van der Waals surface area contributed by atoms with Gasteiger partial charge in [-0.1, -0.05) is 18.2 Å². The standard InChI is InChI=1S/C26H31N5O/c1-26(2,3)30-19-13-15-31(16-14-19)24-21-7-5-6-8-23(21)29-25(22(24)17-27)28-18-9-11-20(32-4)12-10-18/h5-12,19,30H,13-16H2,1-4H3,(H,28,29). The van der Waals surface area contributed by atoms with Crippen molar-refractivity contribution in [2.24, 2.45) is 0 Å². The number of methoxy groups -OCH3 is 1. The van der Waals surface area contributed by atoms with Gasteiger partial charge in [0.15, 0.2) is 5.82 Å². The number of hydrogen-bond acceptors (Lipinski definition) is 6. The van der Waals surface area contributed by atoms with E-state index in [-0.39, 0.29) is 5.54 Å². The van der Waals surface area contributed by atoms with Crippen LogP contribution in [0.3, 0.4) is 0 Å². The maximum absolute atomic E-state index is 10.2. The smallest absolute Gasteiger partial charge is 0.151 e. The summed E-state index contributed by atoms with van der Waals surface area (Å²) in [5.74, 6) is 1.37. The van der Waals surface area contributed by atoms with Gasteiger partial charge in [-0.05, 0) is 63.9 Å². The molecule has 32 heavy (non-hydrogen) atoms. The highest BCUT2D eigenvalue weighted by atomic mass is 16.5. The number of aromatic nitrogens is 1. The van der Waals surface area contributed by atoms with E-state index in [9.17, 15) is 5.26 Å². The van der Waals surface area contributed by atoms with Gasteiger partial charge in [-0.2, -0.15) is 5.26 Å². The van der Waals surface area contributed by atoms with Crippen molar-refractivity contribution in [2.75, 3.05) is 30.4 Å². The number of nitrogens with one attached hydrogen (secondary N) is 2. The highest BCUT2D eigenvalue weighted by Gasteiger charge is 2.27. The molecule has 1 aromatic heterocycles. The number of rotatable bonds is 5. The highest BCUT2D eigenvalue weighted by Crippen LogP contribution is 2.36. The normalized spacial score (nSPS) is 14.9. The van der Waals surface area contributed by atoms with Crippen LogP contribution in [0.5, 0.6) is 5.75 Å². The second-order valence-corrected chi connectivity index (χ2v) is 9.32. The zero-order valence-corrected chi connectivity index (χ0v) is 19.3. The van der Waals surface area contributed by atoms with Gasteiger partial charge in [0.25, 0.3) is 0 Å². The summed E-state index contributed by atoms with van der Waals surface area (Å²) in [7, 11) is 1.65. The molecule has 166 valence electrons. The monoisotopic (exact) mass is 429 g/mol. The van der Waals surface area contributed by atoms with Crippen molar-refractivity contribution in [3.8, 4) is 11.8 Å². The zero-order valence-electron chi connectivity index (χ0n) is 19.3. The summed E-state index contributed by atoms with van der Waals surface area (Å²) in [6.07, 6.45) is 2.08. The van der Waals surface area contributed by atoms with Crippen molar-refractivity contribution < 1.29 is 4.74 Å². The molecule has 6 heteroatoms. The molecule has 2 aromatic carbocycles. The molecule has 0 radical (unpaired) electrons. The van der Waals surface area contributed by atoms with E-state index in [1.807, 2.05) is 42.5 Å². The minimum absolute atomic E-state index is 0.101. The van der Waals surface area contributed by atoms with Crippen molar-refractivity contribution in [3.63, 3.8) is 0 Å². The lowest BCUT2D eigenvalue weighted by molar-refractivity contribution is 0.317. The molecule has 1 saturated heterocycles. The van der Waals surface area contributed by atoms with E-state index >= 15 is 0 Å². The van der Waals surface area contributed by atoms with Crippen LogP contribution in [0.4, 0.5) is 17.2 Å². The van der Waals surface area contributed by atoms with Gasteiger partial charge < -0.3 is 20.3 Å². The van der Waals surface area contributed by atoms with Crippen LogP contribution in [0.2, 0.25) is 0 Å². The minimum Gasteiger partial charge on any atom is -0.497 e. The van der Waals surface area contributed by atoms with Gasteiger partial charge in [0.2, 0.25) is 0 Å². The third-order valence-corrected chi connectivity index (χ3v) is 5.78. The average Bonchev–Trinajstić information content (AvgIpc) is 2.78.